The van der Waals surface area contributed by atoms with Gasteiger partial charge in [0, 0.05) is 4.47 Å². The molecule has 1 heterocycles. The van der Waals surface area contributed by atoms with Crippen LogP contribution in [0, 0.1) is 3.57 Å². The summed E-state index contributed by atoms with van der Waals surface area (Å²) in [5.74, 6) is 0.558. The Morgan fingerprint density at radius 1 is 1.60 bits per heavy atom. The second kappa shape index (κ2) is 4.09. The van der Waals surface area contributed by atoms with E-state index in [2.05, 4.69) is 48.5 Å². The van der Waals surface area contributed by atoms with Crippen molar-refractivity contribution in [3.8, 4) is 5.75 Å². The molecule has 2 aromatic rings. The monoisotopic (exact) mass is 380 g/mol. The Hall–Kier alpha value is -0.630. The molecule has 0 saturated carbocycles. The van der Waals surface area contributed by atoms with Gasteiger partial charge in [0.25, 0.3) is 5.56 Å². The van der Waals surface area contributed by atoms with E-state index in [1.165, 1.54) is 13.4 Å². The number of nitrogens with zero attached hydrogens (tertiary/aromatic N) is 1. The molecule has 0 radical (unpaired) electrons. The molecule has 0 aliphatic heterocycles. The highest BCUT2D eigenvalue weighted by atomic mass is 127. The van der Waals surface area contributed by atoms with Crippen LogP contribution in [0.5, 0.6) is 5.75 Å². The zero-order valence-electron chi connectivity index (χ0n) is 7.67. The summed E-state index contributed by atoms with van der Waals surface area (Å²) in [6, 6.07) is 1.87. The fourth-order valence-electron chi connectivity index (χ4n) is 1.36. The van der Waals surface area contributed by atoms with Crippen molar-refractivity contribution < 1.29 is 4.74 Å². The first-order valence-electron chi connectivity index (χ1n) is 4.04. The lowest BCUT2D eigenvalue weighted by Gasteiger charge is -2.07. The number of H-pyrrole nitrogens is 1. The van der Waals surface area contributed by atoms with E-state index in [4.69, 9.17) is 4.74 Å². The number of hydrogen-bond donors (Lipinski definition) is 1. The van der Waals surface area contributed by atoms with Crippen LogP contribution in [-0.4, -0.2) is 17.1 Å². The van der Waals surface area contributed by atoms with Gasteiger partial charge in [-0.3, -0.25) is 4.79 Å². The first-order chi connectivity index (χ1) is 7.15. The van der Waals surface area contributed by atoms with E-state index in [-0.39, 0.29) is 5.56 Å². The standard InChI is InChI=1S/C9H6BrIN2O2/c1-15-8-5(11)2-4(10)7-6(8)9(14)13-3-12-7/h2-3H,1H3,(H,12,13,14). The van der Waals surface area contributed by atoms with Crippen molar-refractivity contribution in [3.63, 3.8) is 0 Å². The van der Waals surface area contributed by atoms with Gasteiger partial charge in [0.1, 0.15) is 11.1 Å². The van der Waals surface area contributed by atoms with E-state index in [9.17, 15) is 4.79 Å². The molecule has 6 heteroatoms. The molecule has 1 aromatic heterocycles. The van der Waals surface area contributed by atoms with E-state index in [0.29, 0.717) is 16.7 Å². The van der Waals surface area contributed by atoms with Crippen LogP contribution in [0.4, 0.5) is 0 Å². The molecular weight excluding hydrogens is 375 g/mol. The van der Waals surface area contributed by atoms with Crippen LogP contribution in [0.3, 0.4) is 0 Å². The predicted molar refractivity (Wildman–Crippen MR) is 69.3 cm³/mol. The summed E-state index contributed by atoms with van der Waals surface area (Å²) in [4.78, 5) is 18.3. The Morgan fingerprint density at radius 2 is 2.33 bits per heavy atom. The fourth-order valence-corrected chi connectivity index (χ4v) is 3.11. The second-order valence-corrected chi connectivity index (χ2v) is 4.85. The third kappa shape index (κ3) is 1.76. The molecule has 15 heavy (non-hydrogen) atoms. The molecule has 4 nitrogen and oxygen atoms in total. The summed E-state index contributed by atoms with van der Waals surface area (Å²) in [5.41, 5.74) is 0.409. The molecule has 0 saturated heterocycles. The lowest BCUT2D eigenvalue weighted by Crippen LogP contribution is -2.09. The zero-order chi connectivity index (χ0) is 11.0. The molecular formula is C9H6BrIN2O2. The summed E-state index contributed by atoms with van der Waals surface area (Å²) in [6.45, 7) is 0. The minimum absolute atomic E-state index is 0.198. The predicted octanol–water partition coefficient (Wildman–Crippen LogP) is 2.30. The van der Waals surface area contributed by atoms with Gasteiger partial charge in [-0.15, -0.1) is 0 Å². The minimum atomic E-state index is -0.198. The first kappa shape index (κ1) is 10.9. The maximum atomic E-state index is 11.7. The Balaban J connectivity index is 3.05. The molecule has 0 atom stereocenters. The van der Waals surface area contributed by atoms with Crippen molar-refractivity contribution in [3.05, 3.63) is 30.8 Å². The number of nitrogens with one attached hydrogen (secondary N) is 1. The number of benzene rings is 1. The Morgan fingerprint density at radius 3 is 3.00 bits per heavy atom. The van der Waals surface area contributed by atoms with Gasteiger partial charge in [-0.25, -0.2) is 4.98 Å². The third-order valence-electron chi connectivity index (χ3n) is 1.98. The highest BCUT2D eigenvalue weighted by Gasteiger charge is 2.13. The van der Waals surface area contributed by atoms with Crippen LogP contribution < -0.4 is 10.3 Å². The number of fused-ring (bicyclic) bond motifs is 1. The molecule has 2 rings (SSSR count). The molecule has 0 bridgehead atoms. The summed E-state index contributed by atoms with van der Waals surface area (Å²) in [6.07, 6.45) is 1.38. The zero-order valence-corrected chi connectivity index (χ0v) is 11.4. The Kier molecular flexibility index (Phi) is 2.96. The third-order valence-corrected chi connectivity index (χ3v) is 3.39. The first-order valence-corrected chi connectivity index (χ1v) is 5.91. The second-order valence-electron chi connectivity index (χ2n) is 2.83. The summed E-state index contributed by atoms with van der Waals surface area (Å²) >= 11 is 5.48. The van der Waals surface area contributed by atoms with Gasteiger partial charge in [0.2, 0.25) is 0 Å². The number of halogens is 2. The van der Waals surface area contributed by atoms with Gasteiger partial charge in [-0.2, -0.15) is 0 Å². The van der Waals surface area contributed by atoms with Gasteiger partial charge in [0.05, 0.1) is 22.5 Å². The van der Waals surface area contributed by atoms with Crippen LogP contribution in [0.1, 0.15) is 0 Å². The van der Waals surface area contributed by atoms with E-state index in [1.54, 1.807) is 0 Å². The highest BCUT2D eigenvalue weighted by molar-refractivity contribution is 14.1. The number of hydrogen-bond acceptors (Lipinski definition) is 3. The van der Waals surface area contributed by atoms with Crippen molar-refractivity contribution in [1.82, 2.24) is 9.97 Å². The van der Waals surface area contributed by atoms with Gasteiger partial charge < -0.3 is 9.72 Å². The van der Waals surface area contributed by atoms with Crippen LogP contribution >= 0.6 is 38.5 Å². The van der Waals surface area contributed by atoms with Crippen LogP contribution in [-0.2, 0) is 0 Å². The fraction of sp³-hybridized carbons (Fsp3) is 0.111. The van der Waals surface area contributed by atoms with Crippen LogP contribution in [0.2, 0.25) is 0 Å². The quantitative estimate of drug-likeness (QED) is 0.772. The smallest absolute Gasteiger partial charge is 0.262 e. The van der Waals surface area contributed by atoms with E-state index >= 15 is 0 Å². The lowest BCUT2D eigenvalue weighted by molar-refractivity contribution is 0.416. The van der Waals surface area contributed by atoms with E-state index < -0.39 is 0 Å². The lowest BCUT2D eigenvalue weighted by atomic mass is 10.2. The number of rotatable bonds is 1. The topological polar surface area (TPSA) is 55.0 Å². The molecule has 0 amide bonds. The van der Waals surface area contributed by atoms with Crippen molar-refractivity contribution in [2.24, 2.45) is 0 Å². The van der Waals surface area contributed by atoms with Crippen molar-refractivity contribution in [2.75, 3.05) is 7.11 Å². The molecule has 0 aliphatic carbocycles. The van der Waals surface area contributed by atoms with Crippen LogP contribution in [0.25, 0.3) is 10.9 Å². The average Bonchev–Trinajstić information content (AvgIpc) is 2.20. The maximum Gasteiger partial charge on any atom is 0.262 e. The summed E-state index contributed by atoms with van der Waals surface area (Å²) < 4.78 is 6.86. The van der Waals surface area contributed by atoms with Gasteiger partial charge in [0.15, 0.2) is 0 Å². The largest absolute Gasteiger partial charge is 0.495 e. The summed E-state index contributed by atoms with van der Waals surface area (Å²) in [5, 5.41) is 0.471. The molecule has 0 unspecified atom stereocenters. The van der Waals surface area contributed by atoms with Crippen molar-refractivity contribution in [1.29, 1.82) is 0 Å². The average molecular weight is 381 g/mol. The van der Waals surface area contributed by atoms with Crippen molar-refractivity contribution in [2.45, 2.75) is 0 Å². The van der Waals surface area contributed by atoms with Gasteiger partial charge in [-0.05, 0) is 44.6 Å². The number of methoxy groups -OCH3 is 1. The highest BCUT2D eigenvalue weighted by Crippen LogP contribution is 2.32. The molecule has 0 spiro atoms. The maximum absolute atomic E-state index is 11.7. The molecule has 0 fully saturated rings. The Bertz CT molecular complexity index is 582. The molecule has 1 N–H and O–H groups in total. The summed E-state index contributed by atoms with van der Waals surface area (Å²) in [7, 11) is 1.54. The van der Waals surface area contributed by atoms with Gasteiger partial charge in [-0.1, -0.05) is 0 Å². The van der Waals surface area contributed by atoms with Crippen molar-refractivity contribution >= 4 is 49.4 Å². The van der Waals surface area contributed by atoms with Crippen LogP contribution in [0.15, 0.2) is 21.7 Å². The molecule has 0 aliphatic rings. The molecule has 1 aromatic carbocycles. The van der Waals surface area contributed by atoms with Gasteiger partial charge >= 0.3 is 0 Å². The SMILES string of the molecule is COc1c(I)cc(Br)c2nc[nH]c(=O)c12. The number of aromatic nitrogens is 2. The van der Waals surface area contributed by atoms with E-state index in [1.807, 2.05) is 6.07 Å². The Labute approximate surface area is 107 Å². The normalized spacial score (nSPS) is 10.6. The number of aromatic amines is 1. The molecule has 78 valence electrons. The van der Waals surface area contributed by atoms with E-state index in [0.717, 1.165) is 8.04 Å². The number of ether oxygens (including phenoxy) is 1. The minimum Gasteiger partial charge on any atom is -0.495 e.